The highest BCUT2D eigenvalue weighted by molar-refractivity contribution is 7.09. The second-order valence-electron chi connectivity index (χ2n) is 3.86. The number of hydrogen-bond acceptors (Lipinski definition) is 5. The zero-order valence-electron chi connectivity index (χ0n) is 9.03. The summed E-state index contributed by atoms with van der Waals surface area (Å²) in [6.07, 6.45) is 5.18. The van der Waals surface area contributed by atoms with Crippen molar-refractivity contribution in [2.45, 2.75) is 31.6 Å². The SMILES string of the molecule is COCCNc1nc(C2CCCC2)ns1. The lowest BCUT2D eigenvalue weighted by Crippen LogP contribution is -2.07. The lowest BCUT2D eigenvalue weighted by molar-refractivity contribution is 0.211. The van der Waals surface area contributed by atoms with Crippen LogP contribution >= 0.6 is 11.5 Å². The summed E-state index contributed by atoms with van der Waals surface area (Å²) in [5.74, 6) is 1.65. The van der Waals surface area contributed by atoms with Gasteiger partial charge in [0.15, 0.2) is 0 Å². The quantitative estimate of drug-likeness (QED) is 0.784. The molecule has 0 unspecified atom stereocenters. The van der Waals surface area contributed by atoms with Crippen molar-refractivity contribution in [2.24, 2.45) is 0 Å². The number of aromatic nitrogens is 2. The zero-order valence-corrected chi connectivity index (χ0v) is 9.85. The molecule has 1 aromatic heterocycles. The number of rotatable bonds is 5. The van der Waals surface area contributed by atoms with E-state index in [4.69, 9.17) is 4.74 Å². The van der Waals surface area contributed by atoms with Crippen molar-refractivity contribution < 1.29 is 4.74 Å². The number of anilines is 1. The smallest absolute Gasteiger partial charge is 0.202 e. The summed E-state index contributed by atoms with van der Waals surface area (Å²) in [5, 5.41) is 4.13. The third-order valence-corrected chi connectivity index (χ3v) is 3.43. The van der Waals surface area contributed by atoms with E-state index in [0.717, 1.165) is 17.5 Å². The van der Waals surface area contributed by atoms with Crippen LogP contribution in [-0.2, 0) is 4.74 Å². The van der Waals surface area contributed by atoms with Gasteiger partial charge in [-0.25, -0.2) is 4.98 Å². The summed E-state index contributed by atoms with van der Waals surface area (Å²) in [6.45, 7) is 1.51. The maximum absolute atomic E-state index is 4.96. The summed E-state index contributed by atoms with van der Waals surface area (Å²) in [4.78, 5) is 4.50. The van der Waals surface area contributed by atoms with Gasteiger partial charge in [-0.1, -0.05) is 12.8 Å². The molecule has 0 saturated heterocycles. The van der Waals surface area contributed by atoms with Crippen LogP contribution < -0.4 is 5.32 Å². The van der Waals surface area contributed by atoms with Crippen molar-refractivity contribution >= 4 is 16.7 Å². The fraction of sp³-hybridized carbons (Fsp3) is 0.800. The standard InChI is InChI=1S/C10H17N3OS/c1-14-7-6-11-10-12-9(13-15-10)8-4-2-3-5-8/h8H,2-7H2,1H3,(H,11,12,13). The summed E-state index contributed by atoms with van der Waals surface area (Å²) >= 11 is 1.46. The van der Waals surface area contributed by atoms with Gasteiger partial charge < -0.3 is 10.1 Å². The van der Waals surface area contributed by atoms with Gasteiger partial charge in [0.05, 0.1) is 6.61 Å². The van der Waals surface area contributed by atoms with Crippen LogP contribution in [0.3, 0.4) is 0 Å². The Morgan fingerprint density at radius 3 is 3.00 bits per heavy atom. The minimum absolute atomic E-state index is 0.610. The Morgan fingerprint density at radius 2 is 2.27 bits per heavy atom. The number of hydrogen-bond donors (Lipinski definition) is 1. The number of ether oxygens (including phenoxy) is 1. The Balaban J connectivity index is 1.86. The molecule has 1 aromatic rings. The van der Waals surface area contributed by atoms with Crippen molar-refractivity contribution in [2.75, 3.05) is 25.6 Å². The molecule has 0 spiro atoms. The van der Waals surface area contributed by atoms with Gasteiger partial charge in [-0.2, -0.15) is 4.37 Å². The molecule has 1 aliphatic rings. The van der Waals surface area contributed by atoms with E-state index in [1.54, 1.807) is 7.11 Å². The largest absolute Gasteiger partial charge is 0.383 e. The molecule has 1 N–H and O–H groups in total. The third-order valence-electron chi connectivity index (χ3n) is 2.74. The van der Waals surface area contributed by atoms with Gasteiger partial charge in [-0.15, -0.1) is 0 Å². The second-order valence-corrected chi connectivity index (χ2v) is 4.61. The molecule has 1 aliphatic carbocycles. The first-order chi connectivity index (χ1) is 7.40. The Hall–Kier alpha value is -0.680. The van der Waals surface area contributed by atoms with Crippen molar-refractivity contribution in [3.63, 3.8) is 0 Å². The molecule has 15 heavy (non-hydrogen) atoms. The van der Waals surface area contributed by atoms with E-state index in [9.17, 15) is 0 Å². The normalized spacial score (nSPS) is 17.1. The van der Waals surface area contributed by atoms with E-state index in [1.807, 2.05) is 0 Å². The summed E-state index contributed by atoms with van der Waals surface area (Å²) in [5.41, 5.74) is 0. The minimum atomic E-state index is 0.610. The maximum atomic E-state index is 4.96. The van der Waals surface area contributed by atoms with Gasteiger partial charge in [0.25, 0.3) is 0 Å². The topological polar surface area (TPSA) is 47.0 Å². The van der Waals surface area contributed by atoms with Crippen molar-refractivity contribution in [3.8, 4) is 0 Å². The van der Waals surface area contributed by atoms with Crippen LogP contribution in [-0.4, -0.2) is 29.6 Å². The van der Waals surface area contributed by atoms with E-state index in [2.05, 4.69) is 14.7 Å². The molecule has 0 bridgehead atoms. The average molecular weight is 227 g/mol. The summed E-state index contributed by atoms with van der Waals surface area (Å²) in [6, 6.07) is 0. The Kier molecular flexibility index (Phi) is 3.91. The van der Waals surface area contributed by atoms with Crippen LogP contribution in [0.25, 0.3) is 0 Å². The number of nitrogens with one attached hydrogen (secondary N) is 1. The van der Waals surface area contributed by atoms with Crippen LogP contribution in [0.1, 0.15) is 37.4 Å². The van der Waals surface area contributed by atoms with E-state index in [-0.39, 0.29) is 0 Å². The molecule has 5 heteroatoms. The Labute approximate surface area is 94.2 Å². The Morgan fingerprint density at radius 1 is 1.47 bits per heavy atom. The van der Waals surface area contributed by atoms with Gasteiger partial charge >= 0.3 is 0 Å². The molecule has 1 saturated carbocycles. The van der Waals surface area contributed by atoms with Gasteiger partial charge in [0.1, 0.15) is 5.82 Å². The van der Waals surface area contributed by atoms with Gasteiger partial charge in [0.2, 0.25) is 5.13 Å². The van der Waals surface area contributed by atoms with Crippen molar-refractivity contribution in [1.29, 1.82) is 0 Å². The zero-order chi connectivity index (χ0) is 10.5. The lowest BCUT2D eigenvalue weighted by Gasteiger charge is -2.02. The van der Waals surface area contributed by atoms with Crippen LogP contribution in [0.15, 0.2) is 0 Å². The van der Waals surface area contributed by atoms with Crippen molar-refractivity contribution in [1.82, 2.24) is 9.36 Å². The number of methoxy groups -OCH3 is 1. The van der Waals surface area contributed by atoms with Gasteiger partial charge in [0, 0.05) is 31.1 Å². The van der Waals surface area contributed by atoms with Crippen molar-refractivity contribution in [3.05, 3.63) is 5.82 Å². The fourth-order valence-electron chi connectivity index (χ4n) is 1.92. The molecule has 2 rings (SSSR count). The van der Waals surface area contributed by atoms with Crippen LogP contribution in [0, 0.1) is 0 Å². The molecule has 1 heterocycles. The molecule has 0 radical (unpaired) electrons. The van der Waals surface area contributed by atoms with E-state index >= 15 is 0 Å². The van der Waals surface area contributed by atoms with Crippen LogP contribution in [0.2, 0.25) is 0 Å². The first kappa shape index (κ1) is 10.8. The molecule has 0 aromatic carbocycles. The molecule has 84 valence electrons. The molecule has 0 aliphatic heterocycles. The second kappa shape index (κ2) is 5.42. The molecule has 4 nitrogen and oxygen atoms in total. The molecule has 0 amide bonds. The van der Waals surface area contributed by atoms with Crippen LogP contribution in [0.4, 0.5) is 5.13 Å². The molecule has 1 fully saturated rings. The molecular weight excluding hydrogens is 210 g/mol. The van der Waals surface area contributed by atoms with Gasteiger partial charge in [-0.05, 0) is 12.8 Å². The van der Waals surface area contributed by atoms with E-state index in [1.165, 1.54) is 37.2 Å². The highest BCUT2D eigenvalue weighted by Crippen LogP contribution is 2.33. The fourth-order valence-corrected chi connectivity index (χ4v) is 2.59. The Bertz CT molecular complexity index is 297. The predicted molar refractivity (Wildman–Crippen MR) is 61.5 cm³/mol. The minimum Gasteiger partial charge on any atom is -0.383 e. The van der Waals surface area contributed by atoms with Gasteiger partial charge in [-0.3, -0.25) is 0 Å². The number of nitrogens with zero attached hydrogens (tertiary/aromatic N) is 2. The van der Waals surface area contributed by atoms with E-state index in [0.29, 0.717) is 12.5 Å². The van der Waals surface area contributed by atoms with Crippen LogP contribution in [0.5, 0.6) is 0 Å². The van der Waals surface area contributed by atoms with E-state index < -0.39 is 0 Å². The molecular formula is C10H17N3OS. The third kappa shape index (κ3) is 2.89. The average Bonchev–Trinajstić information content (AvgIpc) is 2.87. The lowest BCUT2D eigenvalue weighted by atomic mass is 10.1. The highest BCUT2D eigenvalue weighted by atomic mass is 32.1. The highest BCUT2D eigenvalue weighted by Gasteiger charge is 2.20. The maximum Gasteiger partial charge on any atom is 0.202 e. The summed E-state index contributed by atoms with van der Waals surface area (Å²) in [7, 11) is 1.70. The first-order valence-electron chi connectivity index (χ1n) is 5.46. The predicted octanol–water partition coefficient (Wildman–Crippen LogP) is 2.25. The summed E-state index contributed by atoms with van der Waals surface area (Å²) < 4.78 is 9.37. The monoisotopic (exact) mass is 227 g/mol. The molecule has 0 atom stereocenters. The first-order valence-corrected chi connectivity index (χ1v) is 6.24.